The van der Waals surface area contributed by atoms with Crippen molar-refractivity contribution in [2.24, 2.45) is 0 Å². The van der Waals surface area contributed by atoms with Gasteiger partial charge in [-0.25, -0.2) is 0 Å². The van der Waals surface area contributed by atoms with Crippen LogP contribution in [0, 0.1) is 6.92 Å². The van der Waals surface area contributed by atoms with Crippen molar-refractivity contribution in [3.05, 3.63) is 224 Å². The van der Waals surface area contributed by atoms with Crippen molar-refractivity contribution in [3.8, 4) is 17.2 Å². The highest BCUT2D eigenvalue weighted by Crippen LogP contribution is 2.49. The zero-order valence-corrected chi connectivity index (χ0v) is 55.0. The first-order chi connectivity index (χ1) is 47.4. The topological polar surface area (TPSA) is 161 Å². The van der Waals surface area contributed by atoms with Crippen molar-refractivity contribution in [2.75, 3.05) is 0 Å². The van der Waals surface area contributed by atoms with Crippen LogP contribution in [0.1, 0.15) is 5.56 Å². The largest absolute Gasteiger partial charge is 0.534 e. The van der Waals surface area contributed by atoms with Crippen LogP contribution >= 0.6 is 22.7 Å². The Morgan fingerprint density at radius 3 is 0.810 bits per heavy atom. The summed E-state index contributed by atoms with van der Waals surface area (Å²) in [6, 6.07) is 73.9. The lowest BCUT2D eigenvalue weighted by Crippen LogP contribution is -2.34. The Bertz CT molecular complexity index is 6810. The van der Waals surface area contributed by atoms with Crippen molar-refractivity contribution >= 4 is 223 Å². The highest BCUT2D eigenvalue weighted by molar-refractivity contribution is 8.00. The fourth-order valence-electron chi connectivity index (χ4n) is 13.8. The SMILES string of the molecule is Cc1ccc2c(c1)c1ccccc1c1cc3c(cc21)sc1cc2c4ccc(OS(=O)(=O)C(F)(F)F)cc4c4ccccc4c2cc13.O=S(=O)(OS(=O)(=O)C(F)(F)F)C(F)(F)F.Oc1ccc2c(c1)c1ccccc1c1cc3c(cc21)sc1cc2c4ccc(O)cc4c4ccccc4c2cc13. The molecule has 0 saturated carbocycles. The van der Waals surface area contributed by atoms with Gasteiger partial charge in [0.2, 0.25) is 0 Å². The predicted molar refractivity (Wildman–Crippen MR) is 383 cm³/mol. The molecule has 100 heavy (non-hydrogen) atoms. The molecule has 2 N–H and O–H groups in total. The summed E-state index contributed by atoms with van der Waals surface area (Å²) in [5, 5.41) is 51.7. The Kier molecular flexibility index (Phi) is 14.5. The number of hydrogen-bond donors (Lipinski definition) is 2. The lowest BCUT2D eigenvalue weighted by Gasteiger charge is -2.13. The van der Waals surface area contributed by atoms with Crippen molar-refractivity contribution in [1.29, 1.82) is 0 Å². The van der Waals surface area contributed by atoms with E-state index in [4.69, 9.17) is 0 Å². The van der Waals surface area contributed by atoms with Gasteiger partial charge in [0.25, 0.3) is 0 Å². The molecule has 0 aliphatic heterocycles. The van der Waals surface area contributed by atoms with Gasteiger partial charge in [-0.15, -0.1) is 26.3 Å². The second kappa shape index (κ2) is 22.6. The Balaban J connectivity index is 0.000000131. The minimum absolute atomic E-state index is 0.286. The lowest BCUT2D eigenvalue weighted by molar-refractivity contribution is -0.0586. The molecule has 0 radical (unpaired) electrons. The van der Waals surface area contributed by atoms with Crippen LogP contribution in [0.25, 0.3) is 170 Å². The Hall–Kier alpha value is -10.3. The summed E-state index contributed by atoms with van der Waals surface area (Å²) in [6.07, 6.45) is 0. The molecule has 0 fully saturated rings. The van der Waals surface area contributed by atoms with Gasteiger partial charge in [-0.3, -0.25) is 0 Å². The standard InChI is InChI=1S/C38H21F3O3S2.C36H20O2S.C2F6O5S2/c1-20-10-12-26-28(14-20)22-6-2-4-8-24(22)30-16-34-35-17-31-25-9-5-3-7-23(25)29-15-21(44-46(42,43)38(39,40)41)11-13-27(29)33(31)19-37(35)45-36(34)18-32(26)30;37-19-9-11-25-27(13-19)21-5-1-3-7-23(21)29-15-33-34-16-30-24-8-4-2-6-22(24)28-14-20(38)10-12-26(28)32(30)18-36(34)39-35(33)17-31(25)29;3-1(4,5)14(9,10)13-15(11,12)2(6,7)8/h2-19H,1H3;1-18,37-38H;. The molecule has 18 rings (SSSR count). The first kappa shape index (κ1) is 64.3. The summed E-state index contributed by atoms with van der Waals surface area (Å²) >= 11 is 3.53. The fourth-order valence-corrected chi connectivity index (χ4v) is 18.1. The number of aryl methyl sites for hydroxylation is 1. The van der Waals surface area contributed by atoms with Gasteiger partial charge in [-0.05, 0) is 227 Å². The maximum Gasteiger partial charge on any atom is 0.534 e. The summed E-state index contributed by atoms with van der Waals surface area (Å²) in [7, 11) is -19.5. The summed E-state index contributed by atoms with van der Waals surface area (Å²) in [6.45, 7) is 2.12. The van der Waals surface area contributed by atoms with E-state index in [2.05, 4.69) is 151 Å². The molecule has 0 aliphatic rings. The molecule has 0 bridgehead atoms. The molecular weight excluding hydrogens is 1400 g/mol. The average molecular weight is 1450 g/mol. The second-order valence-corrected chi connectivity index (χ2v) is 31.0. The third kappa shape index (κ3) is 10.4. The minimum Gasteiger partial charge on any atom is -0.508 e. The van der Waals surface area contributed by atoms with Crippen molar-refractivity contribution in [1.82, 2.24) is 0 Å². The van der Waals surface area contributed by atoms with Crippen LogP contribution < -0.4 is 4.18 Å². The number of phenols is 2. The maximum absolute atomic E-state index is 13.1. The van der Waals surface area contributed by atoms with Crippen LogP contribution in [-0.4, -0.2) is 52.0 Å². The smallest absolute Gasteiger partial charge is 0.508 e. The number of fused-ring (bicyclic) bond motifs is 30. The van der Waals surface area contributed by atoms with Crippen LogP contribution in [0.15, 0.2) is 218 Å². The van der Waals surface area contributed by atoms with Crippen molar-refractivity contribution < 1.29 is 82.8 Å². The van der Waals surface area contributed by atoms with E-state index in [0.717, 1.165) is 79.4 Å². The number of hydrogen-bond acceptors (Lipinski definition) is 12. The average Bonchev–Trinajstić information content (AvgIpc) is 1.45. The Morgan fingerprint density at radius 1 is 0.270 bits per heavy atom. The molecule has 0 atom stereocenters. The molecule has 0 unspecified atom stereocenters. The lowest BCUT2D eigenvalue weighted by atomic mass is 9.91. The maximum atomic E-state index is 13.1. The van der Waals surface area contributed by atoms with E-state index >= 15 is 0 Å². The predicted octanol–water partition coefficient (Wildman–Crippen LogP) is 22.6. The van der Waals surface area contributed by atoms with E-state index in [1.54, 1.807) is 29.5 Å². The van der Waals surface area contributed by atoms with E-state index < -0.39 is 52.6 Å². The number of thiophene rings is 2. The zero-order valence-electron chi connectivity index (χ0n) is 50.9. The van der Waals surface area contributed by atoms with Crippen LogP contribution in [0.4, 0.5) is 39.5 Å². The first-order valence-electron chi connectivity index (χ1n) is 30.2. The molecule has 10 nitrogen and oxygen atoms in total. The molecule has 18 aromatic rings. The summed E-state index contributed by atoms with van der Waals surface area (Å²) < 4.78 is 182. The Morgan fingerprint density at radius 2 is 0.510 bits per heavy atom. The summed E-state index contributed by atoms with van der Waals surface area (Å²) in [4.78, 5) is 0. The van der Waals surface area contributed by atoms with Crippen LogP contribution in [0.5, 0.6) is 17.2 Å². The number of alkyl halides is 9. The third-order valence-corrected chi connectivity index (χ3v) is 23.9. The number of benzene rings is 16. The van der Waals surface area contributed by atoms with E-state index in [0.29, 0.717) is 5.39 Å². The zero-order chi connectivity index (χ0) is 70.1. The van der Waals surface area contributed by atoms with Crippen molar-refractivity contribution in [2.45, 2.75) is 23.4 Å². The monoisotopic (exact) mass is 1440 g/mol. The molecule has 2 heterocycles. The highest BCUT2D eigenvalue weighted by atomic mass is 32.3. The van der Waals surface area contributed by atoms with Gasteiger partial charge >= 0.3 is 46.9 Å². The highest BCUT2D eigenvalue weighted by Gasteiger charge is 2.57. The number of phenolic OH excluding ortho intramolecular Hbond substituents is 2. The second-order valence-electron chi connectivity index (χ2n) is 24.0. The van der Waals surface area contributed by atoms with Crippen LogP contribution in [0.3, 0.4) is 0 Å². The first-order valence-corrected chi connectivity index (χ1v) is 36.0. The fraction of sp³-hybridized carbons (Fsp3) is 0.0526. The summed E-state index contributed by atoms with van der Waals surface area (Å²) in [5.41, 5.74) is -16.8. The molecule has 498 valence electrons. The molecule has 0 saturated heterocycles. The molecule has 0 aliphatic carbocycles. The molecule has 2 aromatic heterocycles. The van der Waals surface area contributed by atoms with Crippen LogP contribution in [-0.2, 0) is 34.0 Å². The van der Waals surface area contributed by atoms with Gasteiger partial charge in [0, 0.05) is 40.3 Å². The van der Waals surface area contributed by atoms with E-state index in [1.165, 1.54) is 103 Å². The molecule has 0 spiro atoms. The van der Waals surface area contributed by atoms with Crippen molar-refractivity contribution in [3.63, 3.8) is 0 Å². The molecule has 0 amide bonds. The van der Waals surface area contributed by atoms with E-state index in [9.17, 15) is 75.0 Å². The molecule has 24 heteroatoms. The van der Waals surface area contributed by atoms with Gasteiger partial charge in [-0.2, -0.15) is 64.8 Å². The third-order valence-electron chi connectivity index (χ3n) is 18.1. The van der Waals surface area contributed by atoms with Gasteiger partial charge < -0.3 is 14.4 Å². The number of aromatic hydroxyl groups is 2. The van der Waals surface area contributed by atoms with Gasteiger partial charge in [-0.1, -0.05) is 133 Å². The normalized spacial score (nSPS) is 13.1. The number of halogens is 9. The van der Waals surface area contributed by atoms with E-state index in [1.807, 2.05) is 63.5 Å². The quantitative estimate of drug-likeness (QED) is 0.0751. The Labute approximate surface area is 566 Å². The molecule has 16 aromatic carbocycles. The van der Waals surface area contributed by atoms with Crippen LogP contribution in [0.2, 0.25) is 0 Å². The molecular formula is C76H41F9O10S5. The minimum atomic E-state index is -6.85. The summed E-state index contributed by atoms with van der Waals surface area (Å²) in [5.74, 6) is 0.183. The van der Waals surface area contributed by atoms with E-state index in [-0.39, 0.29) is 11.5 Å². The van der Waals surface area contributed by atoms with Gasteiger partial charge in [0.05, 0.1) is 0 Å². The van der Waals surface area contributed by atoms with Gasteiger partial charge in [0.15, 0.2) is 0 Å². The van der Waals surface area contributed by atoms with Gasteiger partial charge in [0.1, 0.15) is 17.2 Å². The number of rotatable bonds is 4.